The van der Waals surface area contributed by atoms with Gasteiger partial charge < -0.3 is 9.64 Å². The lowest BCUT2D eigenvalue weighted by atomic mass is 9.90. The molecule has 0 saturated carbocycles. The Hall–Kier alpha value is -1.06. The van der Waals surface area contributed by atoms with Gasteiger partial charge >= 0.3 is 5.97 Å². The number of carbonyl (C=O) groups is 2. The molecule has 4 nitrogen and oxygen atoms in total. The van der Waals surface area contributed by atoms with E-state index >= 15 is 0 Å². The van der Waals surface area contributed by atoms with Gasteiger partial charge in [0.1, 0.15) is 0 Å². The van der Waals surface area contributed by atoms with E-state index in [1.165, 1.54) is 0 Å². The minimum Gasteiger partial charge on any atom is -0.449 e. The molecule has 0 aromatic carbocycles. The van der Waals surface area contributed by atoms with Crippen LogP contribution in [0.1, 0.15) is 66.7 Å². The largest absolute Gasteiger partial charge is 0.449 e. The first-order valence-corrected chi connectivity index (χ1v) is 7.52. The number of hydrogen-bond acceptors (Lipinski definition) is 3. The molecule has 0 rings (SSSR count). The highest BCUT2D eigenvalue weighted by molar-refractivity contribution is 5.88. The van der Waals surface area contributed by atoms with Crippen molar-refractivity contribution in [3.05, 3.63) is 0 Å². The maximum Gasteiger partial charge on any atom is 0.306 e. The highest BCUT2D eigenvalue weighted by atomic mass is 16.6. The van der Waals surface area contributed by atoms with Crippen molar-refractivity contribution in [2.75, 3.05) is 13.1 Å². The SMILES string of the molecule is CCCC(CCC)(OC(=O)CC)C(=O)N(CC)CC. The van der Waals surface area contributed by atoms with Crippen LogP contribution in [0.15, 0.2) is 0 Å². The van der Waals surface area contributed by atoms with E-state index < -0.39 is 5.60 Å². The van der Waals surface area contributed by atoms with Gasteiger partial charge in [0.05, 0.1) is 0 Å². The summed E-state index contributed by atoms with van der Waals surface area (Å²) in [5.41, 5.74) is -0.956. The Morgan fingerprint density at radius 3 is 1.74 bits per heavy atom. The van der Waals surface area contributed by atoms with Crippen LogP contribution in [0.2, 0.25) is 0 Å². The standard InChI is InChI=1S/C15H29NO3/c1-6-11-15(12-7-2,19-13(17)8-3)14(18)16(9-4)10-5/h6-12H2,1-5H3. The van der Waals surface area contributed by atoms with E-state index in [1.54, 1.807) is 11.8 Å². The number of likely N-dealkylation sites (N-methyl/N-ethyl adjacent to an activating group) is 1. The number of amides is 1. The molecule has 0 aliphatic rings. The molecule has 0 atom stereocenters. The van der Waals surface area contributed by atoms with Gasteiger partial charge in [-0.05, 0) is 26.7 Å². The fraction of sp³-hybridized carbons (Fsp3) is 0.867. The molecule has 19 heavy (non-hydrogen) atoms. The number of rotatable bonds is 9. The van der Waals surface area contributed by atoms with Crippen molar-refractivity contribution in [3.63, 3.8) is 0 Å². The third-order valence-corrected chi connectivity index (χ3v) is 3.35. The molecule has 1 amide bonds. The second kappa shape index (κ2) is 8.94. The Balaban J connectivity index is 5.29. The number of hydrogen-bond donors (Lipinski definition) is 0. The zero-order chi connectivity index (χ0) is 14.9. The van der Waals surface area contributed by atoms with Crippen LogP contribution in [0.5, 0.6) is 0 Å². The minimum atomic E-state index is -0.956. The molecule has 0 N–H and O–H groups in total. The van der Waals surface area contributed by atoms with Crippen LogP contribution >= 0.6 is 0 Å². The average Bonchev–Trinajstić information content (AvgIpc) is 2.40. The fourth-order valence-corrected chi connectivity index (χ4v) is 2.38. The Morgan fingerprint density at radius 2 is 1.42 bits per heavy atom. The topological polar surface area (TPSA) is 46.6 Å². The summed E-state index contributed by atoms with van der Waals surface area (Å²) in [5, 5.41) is 0. The Morgan fingerprint density at radius 1 is 0.947 bits per heavy atom. The molecule has 0 radical (unpaired) electrons. The van der Waals surface area contributed by atoms with Crippen LogP contribution < -0.4 is 0 Å². The van der Waals surface area contributed by atoms with Crippen molar-refractivity contribution in [3.8, 4) is 0 Å². The number of nitrogens with zero attached hydrogens (tertiary/aromatic N) is 1. The van der Waals surface area contributed by atoms with E-state index in [2.05, 4.69) is 0 Å². The summed E-state index contributed by atoms with van der Waals surface area (Å²) in [4.78, 5) is 26.2. The maximum atomic E-state index is 12.7. The van der Waals surface area contributed by atoms with Crippen LogP contribution in [-0.2, 0) is 14.3 Å². The summed E-state index contributed by atoms with van der Waals surface area (Å²) in [6, 6.07) is 0. The molecule has 112 valence electrons. The van der Waals surface area contributed by atoms with Crippen LogP contribution in [0.25, 0.3) is 0 Å². The highest BCUT2D eigenvalue weighted by Gasteiger charge is 2.42. The zero-order valence-corrected chi connectivity index (χ0v) is 13.1. The third kappa shape index (κ3) is 4.84. The molecular weight excluding hydrogens is 242 g/mol. The van der Waals surface area contributed by atoms with Crippen LogP contribution in [0.3, 0.4) is 0 Å². The Bertz CT molecular complexity index is 279. The van der Waals surface area contributed by atoms with Gasteiger partial charge in [-0.3, -0.25) is 9.59 Å². The first kappa shape index (κ1) is 17.9. The molecule has 0 aromatic rings. The molecular formula is C15H29NO3. The minimum absolute atomic E-state index is 0.0389. The first-order valence-electron chi connectivity index (χ1n) is 7.52. The lowest BCUT2D eigenvalue weighted by molar-refractivity contribution is -0.176. The van der Waals surface area contributed by atoms with E-state index in [0.717, 1.165) is 12.8 Å². The smallest absolute Gasteiger partial charge is 0.306 e. The summed E-state index contributed by atoms with van der Waals surface area (Å²) >= 11 is 0. The van der Waals surface area contributed by atoms with Crippen LogP contribution in [0, 0.1) is 0 Å². The summed E-state index contributed by atoms with van der Waals surface area (Å²) in [6.45, 7) is 11.0. The predicted molar refractivity (Wildman–Crippen MR) is 76.9 cm³/mol. The molecule has 0 aromatic heterocycles. The summed E-state index contributed by atoms with van der Waals surface area (Å²) in [5.74, 6) is -0.328. The second-order valence-electron chi connectivity index (χ2n) is 4.80. The van der Waals surface area contributed by atoms with Crippen molar-refractivity contribution in [1.82, 2.24) is 4.90 Å². The van der Waals surface area contributed by atoms with Gasteiger partial charge in [-0.15, -0.1) is 0 Å². The van der Waals surface area contributed by atoms with Gasteiger partial charge in [0.15, 0.2) is 5.60 Å². The van der Waals surface area contributed by atoms with Crippen molar-refractivity contribution in [2.24, 2.45) is 0 Å². The van der Waals surface area contributed by atoms with Gasteiger partial charge in [0, 0.05) is 19.5 Å². The molecule has 0 saturated heterocycles. The molecule has 0 unspecified atom stereocenters. The molecule has 0 aliphatic heterocycles. The summed E-state index contributed by atoms with van der Waals surface area (Å²) in [7, 11) is 0. The Labute approximate surface area is 117 Å². The Kier molecular flexibility index (Phi) is 8.44. The normalized spacial score (nSPS) is 11.2. The molecule has 4 heteroatoms. The molecule has 0 heterocycles. The van der Waals surface area contributed by atoms with Gasteiger partial charge in [-0.1, -0.05) is 33.6 Å². The molecule has 0 fully saturated rings. The van der Waals surface area contributed by atoms with E-state index in [9.17, 15) is 9.59 Å². The molecule has 0 spiro atoms. The van der Waals surface area contributed by atoms with E-state index in [0.29, 0.717) is 32.4 Å². The van der Waals surface area contributed by atoms with E-state index in [4.69, 9.17) is 4.74 Å². The molecule has 0 bridgehead atoms. The van der Waals surface area contributed by atoms with E-state index in [-0.39, 0.29) is 11.9 Å². The van der Waals surface area contributed by atoms with Gasteiger partial charge in [-0.2, -0.15) is 0 Å². The van der Waals surface area contributed by atoms with Crippen molar-refractivity contribution in [2.45, 2.75) is 72.3 Å². The van der Waals surface area contributed by atoms with E-state index in [1.807, 2.05) is 27.7 Å². The van der Waals surface area contributed by atoms with Crippen molar-refractivity contribution < 1.29 is 14.3 Å². The van der Waals surface area contributed by atoms with Crippen LogP contribution in [-0.4, -0.2) is 35.5 Å². The van der Waals surface area contributed by atoms with Gasteiger partial charge in [-0.25, -0.2) is 0 Å². The fourth-order valence-electron chi connectivity index (χ4n) is 2.38. The number of ether oxygens (including phenoxy) is 1. The summed E-state index contributed by atoms with van der Waals surface area (Å²) in [6.07, 6.45) is 3.15. The maximum absolute atomic E-state index is 12.7. The lowest BCUT2D eigenvalue weighted by Gasteiger charge is -2.36. The monoisotopic (exact) mass is 271 g/mol. The number of carbonyl (C=O) groups excluding carboxylic acids is 2. The quantitative estimate of drug-likeness (QED) is 0.605. The highest BCUT2D eigenvalue weighted by Crippen LogP contribution is 2.28. The third-order valence-electron chi connectivity index (χ3n) is 3.35. The lowest BCUT2D eigenvalue weighted by Crippen LogP contribution is -2.51. The zero-order valence-electron chi connectivity index (χ0n) is 13.1. The average molecular weight is 271 g/mol. The van der Waals surface area contributed by atoms with Crippen molar-refractivity contribution in [1.29, 1.82) is 0 Å². The predicted octanol–water partition coefficient (Wildman–Crippen LogP) is 3.15. The number of esters is 1. The summed E-state index contributed by atoms with van der Waals surface area (Å²) < 4.78 is 5.58. The van der Waals surface area contributed by atoms with Gasteiger partial charge in [0.2, 0.25) is 0 Å². The van der Waals surface area contributed by atoms with Gasteiger partial charge in [0.25, 0.3) is 5.91 Å². The molecule has 0 aliphatic carbocycles. The first-order chi connectivity index (χ1) is 9.01. The second-order valence-corrected chi connectivity index (χ2v) is 4.80. The van der Waals surface area contributed by atoms with Crippen LogP contribution in [0.4, 0.5) is 0 Å². The van der Waals surface area contributed by atoms with Crippen molar-refractivity contribution >= 4 is 11.9 Å².